The summed E-state index contributed by atoms with van der Waals surface area (Å²) in [6.07, 6.45) is 0.120. The van der Waals surface area contributed by atoms with E-state index in [2.05, 4.69) is 25.7 Å². The average molecular weight is 307 g/mol. The predicted octanol–water partition coefficient (Wildman–Crippen LogP) is 2.07. The van der Waals surface area contributed by atoms with Crippen LogP contribution in [0.2, 0.25) is 0 Å². The number of rotatable bonds is 1. The van der Waals surface area contributed by atoms with Crippen LogP contribution >= 0.6 is 27.3 Å². The Morgan fingerprint density at radius 2 is 2.44 bits per heavy atom. The third-order valence-corrected chi connectivity index (χ3v) is 3.79. The van der Waals surface area contributed by atoms with Crippen molar-refractivity contribution in [2.24, 2.45) is 0 Å². The smallest absolute Gasteiger partial charge is 0.318 e. The summed E-state index contributed by atoms with van der Waals surface area (Å²) in [4.78, 5) is 16.2. The Balaban J connectivity index is 2.52. The molecule has 0 radical (unpaired) electrons. The molecule has 16 heavy (non-hydrogen) atoms. The van der Waals surface area contributed by atoms with Gasteiger partial charge < -0.3 is 10.5 Å². The Bertz CT molecular complexity index is 474. The summed E-state index contributed by atoms with van der Waals surface area (Å²) in [5.41, 5.74) is 5.89. The zero-order valence-corrected chi connectivity index (χ0v) is 10.6. The molecule has 1 aromatic heterocycles. The summed E-state index contributed by atoms with van der Waals surface area (Å²) in [6.45, 7) is 0. The fraction of sp³-hybridized carbons (Fsp3) is 0.333. The Labute approximate surface area is 103 Å². The summed E-state index contributed by atoms with van der Waals surface area (Å²) < 4.78 is 18.8. The van der Waals surface area contributed by atoms with Crippen LogP contribution in [0, 0.1) is 0 Å². The molecule has 1 aliphatic rings. The lowest BCUT2D eigenvalue weighted by Gasteiger charge is -2.21. The molecule has 0 fully saturated rings. The second-order valence-electron chi connectivity index (χ2n) is 3.23. The van der Waals surface area contributed by atoms with Gasteiger partial charge >= 0.3 is 5.97 Å². The third-order valence-electron chi connectivity index (χ3n) is 2.27. The van der Waals surface area contributed by atoms with Gasteiger partial charge in [0.1, 0.15) is 5.92 Å². The number of nitrogens with zero attached hydrogens (tertiary/aromatic N) is 1. The van der Waals surface area contributed by atoms with Crippen LogP contribution in [-0.2, 0) is 9.53 Å². The van der Waals surface area contributed by atoms with Crippen LogP contribution in [0.3, 0.4) is 0 Å². The van der Waals surface area contributed by atoms with Gasteiger partial charge in [0.25, 0.3) is 0 Å². The molecule has 0 aliphatic heterocycles. The Morgan fingerprint density at radius 3 is 3.06 bits per heavy atom. The highest BCUT2D eigenvalue weighted by atomic mass is 79.9. The van der Waals surface area contributed by atoms with Crippen molar-refractivity contribution >= 4 is 44.4 Å². The number of nitrogen functional groups attached to an aromatic ring is 1. The number of hydrogen-bond acceptors (Lipinski definition) is 5. The molecule has 2 atom stereocenters. The summed E-state index contributed by atoms with van der Waals surface area (Å²) >= 11 is 4.30. The van der Waals surface area contributed by atoms with Gasteiger partial charge in [-0.2, -0.15) is 0 Å². The number of nitrogens with two attached hydrogens (primary N) is 1. The summed E-state index contributed by atoms with van der Waals surface area (Å²) in [5.74, 6) is -1.68. The molecule has 1 aromatic rings. The van der Waals surface area contributed by atoms with Crippen LogP contribution in [0.1, 0.15) is 16.5 Å². The number of carbonyl (C=O) groups excluding carboxylic acids is 1. The highest BCUT2D eigenvalue weighted by molar-refractivity contribution is 9.11. The topological polar surface area (TPSA) is 65.2 Å². The second-order valence-corrected chi connectivity index (χ2v) is 5.21. The van der Waals surface area contributed by atoms with Crippen LogP contribution in [0.15, 0.2) is 4.48 Å². The lowest BCUT2D eigenvalue weighted by Crippen LogP contribution is -2.27. The van der Waals surface area contributed by atoms with Crippen LogP contribution in [0.5, 0.6) is 0 Å². The third kappa shape index (κ3) is 1.73. The quantitative estimate of drug-likeness (QED) is 0.807. The molecule has 0 saturated heterocycles. The van der Waals surface area contributed by atoms with E-state index in [0.717, 1.165) is 0 Å². The number of aromatic nitrogens is 1. The van der Waals surface area contributed by atoms with E-state index in [1.54, 1.807) is 6.08 Å². The largest absolute Gasteiger partial charge is 0.468 e. The molecular formula is C9H8BrFN2O2S. The summed E-state index contributed by atoms with van der Waals surface area (Å²) in [6, 6.07) is 0. The van der Waals surface area contributed by atoms with E-state index in [0.29, 0.717) is 20.2 Å². The van der Waals surface area contributed by atoms with Gasteiger partial charge in [0.15, 0.2) is 11.3 Å². The number of fused-ring (bicyclic) bond motifs is 1. The molecule has 2 rings (SSSR count). The van der Waals surface area contributed by atoms with Gasteiger partial charge in [0, 0.05) is 4.48 Å². The highest BCUT2D eigenvalue weighted by Gasteiger charge is 2.39. The zero-order chi connectivity index (χ0) is 11.9. The van der Waals surface area contributed by atoms with Crippen LogP contribution in [0.25, 0.3) is 6.08 Å². The molecule has 0 aromatic carbocycles. The van der Waals surface area contributed by atoms with Crippen molar-refractivity contribution < 1.29 is 13.9 Å². The fourth-order valence-corrected chi connectivity index (χ4v) is 3.03. The molecule has 1 heterocycles. The first-order valence-corrected chi connectivity index (χ1v) is 6.00. The van der Waals surface area contributed by atoms with Gasteiger partial charge in [-0.05, 0) is 6.08 Å². The zero-order valence-electron chi connectivity index (χ0n) is 8.24. The number of hydrogen-bond donors (Lipinski definition) is 1. The van der Waals surface area contributed by atoms with Crippen molar-refractivity contribution in [3.8, 4) is 0 Å². The van der Waals surface area contributed by atoms with E-state index >= 15 is 0 Å². The first kappa shape index (κ1) is 11.5. The van der Waals surface area contributed by atoms with Gasteiger partial charge in [0.05, 0.1) is 17.7 Å². The SMILES string of the molecule is COC(=O)C1c2nc(N)sc2C=C(Br)C1F. The molecule has 4 nitrogen and oxygen atoms in total. The van der Waals surface area contributed by atoms with E-state index < -0.39 is 18.1 Å². The molecule has 1 aliphatic carbocycles. The number of ether oxygens (including phenoxy) is 1. The second kappa shape index (κ2) is 4.14. The fourth-order valence-electron chi connectivity index (χ4n) is 1.55. The summed E-state index contributed by atoms with van der Waals surface area (Å²) in [5, 5.41) is 0.310. The van der Waals surface area contributed by atoms with Crippen molar-refractivity contribution in [1.82, 2.24) is 4.98 Å². The number of halogens is 2. The van der Waals surface area contributed by atoms with Crippen LogP contribution in [0.4, 0.5) is 9.52 Å². The first-order chi connectivity index (χ1) is 7.54. The molecule has 0 saturated carbocycles. The van der Waals surface area contributed by atoms with Crippen LogP contribution in [-0.4, -0.2) is 24.2 Å². The minimum Gasteiger partial charge on any atom is -0.468 e. The Kier molecular flexibility index (Phi) is 2.98. The number of allylic oxidation sites excluding steroid dienone is 1. The first-order valence-electron chi connectivity index (χ1n) is 4.39. The number of carbonyl (C=O) groups is 1. The van der Waals surface area contributed by atoms with E-state index in [1.165, 1.54) is 18.4 Å². The van der Waals surface area contributed by atoms with E-state index in [9.17, 15) is 9.18 Å². The number of methoxy groups -OCH3 is 1. The predicted molar refractivity (Wildman–Crippen MR) is 63.1 cm³/mol. The monoisotopic (exact) mass is 306 g/mol. The van der Waals surface area contributed by atoms with E-state index in [1.807, 2.05) is 0 Å². The maximum absolute atomic E-state index is 13.9. The van der Waals surface area contributed by atoms with Crippen molar-refractivity contribution in [3.63, 3.8) is 0 Å². The van der Waals surface area contributed by atoms with Gasteiger partial charge in [-0.25, -0.2) is 9.37 Å². The minimum absolute atomic E-state index is 0.305. The number of alkyl halides is 1. The molecule has 0 spiro atoms. The van der Waals surface area contributed by atoms with Crippen molar-refractivity contribution in [1.29, 1.82) is 0 Å². The maximum Gasteiger partial charge on any atom is 0.318 e. The standard InChI is InChI=1S/C9H8BrFN2O2S/c1-15-8(14)5-6(11)3(10)2-4-7(5)13-9(12)16-4/h2,5-6H,1H3,(H2,12,13). The van der Waals surface area contributed by atoms with Crippen molar-refractivity contribution in [3.05, 3.63) is 15.1 Å². The van der Waals surface area contributed by atoms with E-state index in [-0.39, 0.29) is 0 Å². The molecule has 2 N–H and O–H groups in total. The van der Waals surface area contributed by atoms with Crippen molar-refractivity contribution in [2.75, 3.05) is 12.8 Å². The lowest BCUT2D eigenvalue weighted by atomic mass is 9.94. The number of anilines is 1. The van der Waals surface area contributed by atoms with Gasteiger partial charge in [0.2, 0.25) is 0 Å². The molecule has 0 bridgehead atoms. The van der Waals surface area contributed by atoms with E-state index in [4.69, 9.17) is 5.73 Å². The molecule has 7 heteroatoms. The maximum atomic E-state index is 13.9. The number of esters is 1. The summed E-state index contributed by atoms with van der Waals surface area (Å²) in [7, 11) is 1.22. The van der Waals surface area contributed by atoms with Crippen LogP contribution < -0.4 is 5.73 Å². The lowest BCUT2D eigenvalue weighted by molar-refractivity contribution is -0.143. The molecule has 86 valence electrons. The van der Waals surface area contributed by atoms with Crippen molar-refractivity contribution in [2.45, 2.75) is 12.1 Å². The molecule has 2 unspecified atom stereocenters. The Hall–Kier alpha value is -0.950. The molecule has 0 amide bonds. The van der Waals surface area contributed by atoms with Gasteiger partial charge in [-0.1, -0.05) is 27.3 Å². The highest BCUT2D eigenvalue weighted by Crippen LogP contribution is 2.41. The Morgan fingerprint density at radius 1 is 1.75 bits per heavy atom. The van der Waals surface area contributed by atoms with Gasteiger partial charge in [-0.3, -0.25) is 4.79 Å². The number of thiazole rings is 1. The van der Waals surface area contributed by atoms with Gasteiger partial charge in [-0.15, -0.1) is 0 Å². The molecular weight excluding hydrogens is 299 g/mol. The normalized spacial score (nSPS) is 23.6. The average Bonchev–Trinajstić information content (AvgIpc) is 2.59. The minimum atomic E-state index is -1.47.